The molecule has 0 spiro atoms. The summed E-state index contributed by atoms with van der Waals surface area (Å²) in [6.07, 6.45) is 0. The van der Waals surface area contributed by atoms with E-state index in [0.29, 0.717) is 0 Å². The van der Waals surface area contributed by atoms with Crippen molar-refractivity contribution in [2.75, 3.05) is 5.32 Å². The smallest absolute Gasteiger partial charge is 0.335 e. The molecule has 0 aliphatic carbocycles. The summed E-state index contributed by atoms with van der Waals surface area (Å²) in [6.45, 7) is 0. The normalized spacial score (nSPS) is 10.2. The van der Waals surface area contributed by atoms with E-state index in [0.717, 1.165) is 18.2 Å². The van der Waals surface area contributed by atoms with Crippen molar-refractivity contribution in [1.29, 1.82) is 0 Å². The Bertz CT molecular complexity index is 714. The molecule has 4 nitrogen and oxygen atoms in total. The van der Waals surface area contributed by atoms with Gasteiger partial charge in [-0.1, -0.05) is 29.3 Å². The Hall–Kier alpha value is -2.11. The number of anilines is 1. The minimum Gasteiger partial charge on any atom is -0.478 e. The summed E-state index contributed by atoms with van der Waals surface area (Å²) in [4.78, 5) is 22.9. The predicted octanol–water partition coefficient (Wildman–Crippen LogP) is 4.08. The van der Waals surface area contributed by atoms with Crippen LogP contribution < -0.4 is 5.32 Å². The summed E-state index contributed by atoms with van der Waals surface area (Å²) in [5.41, 5.74) is -0.436. The lowest BCUT2D eigenvalue weighted by molar-refractivity contribution is 0.0696. The molecule has 2 aromatic rings. The van der Waals surface area contributed by atoms with Crippen LogP contribution >= 0.6 is 23.2 Å². The van der Waals surface area contributed by atoms with Crippen LogP contribution in [0.5, 0.6) is 0 Å². The molecule has 108 valence electrons. The summed E-state index contributed by atoms with van der Waals surface area (Å²) in [7, 11) is 0. The van der Waals surface area contributed by atoms with Gasteiger partial charge in [-0.3, -0.25) is 4.79 Å². The van der Waals surface area contributed by atoms with Gasteiger partial charge in [-0.25, -0.2) is 9.18 Å². The van der Waals surface area contributed by atoms with Crippen molar-refractivity contribution in [2.24, 2.45) is 0 Å². The zero-order valence-electron chi connectivity index (χ0n) is 10.4. The highest BCUT2D eigenvalue weighted by atomic mass is 35.5. The number of carboxylic acid groups (broad SMARTS) is 1. The second kappa shape index (κ2) is 6.11. The SMILES string of the molecule is O=C(O)c1ccc(F)c(NC(=O)c2c(Cl)cccc2Cl)c1. The number of aromatic carboxylic acids is 1. The number of carbonyl (C=O) groups excluding carboxylic acids is 1. The van der Waals surface area contributed by atoms with Gasteiger partial charge in [0.05, 0.1) is 26.9 Å². The molecule has 0 saturated heterocycles. The monoisotopic (exact) mass is 327 g/mol. The molecule has 7 heteroatoms. The Balaban J connectivity index is 2.36. The van der Waals surface area contributed by atoms with Crippen LogP contribution in [0, 0.1) is 5.82 Å². The Labute approximate surface area is 129 Å². The fourth-order valence-electron chi connectivity index (χ4n) is 1.65. The molecule has 0 heterocycles. The Morgan fingerprint density at radius 3 is 2.29 bits per heavy atom. The summed E-state index contributed by atoms with van der Waals surface area (Å²) >= 11 is 11.8. The first-order valence-corrected chi connectivity index (χ1v) is 6.44. The van der Waals surface area contributed by atoms with Crippen molar-refractivity contribution >= 4 is 40.8 Å². The molecular weight excluding hydrogens is 320 g/mol. The topological polar surface area (TPSA) is 66.4 Å². The third-order valence-electron chi connectivity index (χ3n) is 2.65. The van der Waals surface area contributed by atoms with Crippen LogP contribution in [0.3, 0.4) is 0 Å². The van der Waals surface area contributed by atoms with Crippen LogP contribution in [0.15, 0.2) is 36.4 Å². The minimum absolute atomic E-state index is 0.0130. The van der Waals surface area contributed by atoms with E-state index < -0.39 is 17.7 Å². The average molecular weight is 328 g/mol. The molecule has 1 amide bonds. The fraction of sp³-hybridized carbons (Fsp3) is 0. The molecule has 2 aromatic carbocycles. The van der Waals surface area contributed by atoms with Gasteiger partial charge in [-0.2, -0.15) is 0 Å². The van der Waals surface area contributed by atoms with Crippen LogP contribution in [0.1, 0.15) is 20.7 Å². The fourth-order valence-corrected chi connectivity index (χ4v) is 2.22. The molecule has 0 aliphatic rings. The van der Waals surface area contributed by atoms with Gasteiger partial charge in [0.1, 0.15) is 5.82 Å². The van der Waals surface area contributed by atoms with E-state index in [1.165, 1.54) is 12.1 Å². The molecule has 2 rings (SSSR count). The maximum absolute atomic E-state index is 13.6. The molecule has 0 bridgehead atoms. The van der Waals surface area contributed by atoms with Crippen LogP contribution in [-0.2, 0) is 0 Å². The number of benzene rings is 2. The van der Waals surface area contributed by atoms with Gasteiger partial charge in [0.25, 0.3) is 5.91 Å². The molecule has 0 fully saturated rings. The maximum atomic E-state index is 13.6. The lowest BCUT2D eigenvalue weighted by atomic mass is 10.1. The van der Waals surface area contributed by atoms with Gasteiger partial charge in [-0.05, 0) is 30.3 Å². The van der Waals surface area contributed by atoms with Gasteiger partial charge >= 0.3 is 5.97 Å². The van der Waals surface area contributed by atoms with Crippen LogP contribution in [0.4, 0.5) is 10.1 Å². The number of carbonyl (C=O) groups is 2. The standard InChI is InChI=1S/C14H8Cl2FNO3/c15-8-2-1-3-9(16)12(8)13(19)18-11-6-7(14(20)21)4-5-10(11)17/h1-6H,(H,18,19)(H,20,21). The molecule has 0 atom stereocenters. The first-order chi connectivity index (χ1) is 9.90. The van der Waals surface area contributed by atoms with Crippen molar-refractivity contribution in [1.82, 2.24) is 0 Å². The van der Waals surface area contributed by atoms with Gasteiger partial charge in [0.2, 0.25) is 0 Å². The zero-order chi connectivity index (χ0) is 15.6. The quantitative estimate of drug-likeness (QED) is 0.892. The second-order valence-electron chi connectivity index (χ2n) is 4.05. The summed E-state index contributed by atoms with van der Waals surface area (Å²) < 4.78 is 13.6. The van der Waals surface area contributed by atoms with E-state index in [1.54, 1.807) is 6.07 Å². The molecule has 0 unspecified atom stereocenters. The van der Waals surface area contributed by atoms with Gasteiger partial charge in [0, 0.05) is 0 Å². The predicted molar refractivity (Wildman–Crippen MR) is 77.8 cm³/mol. The third-order valence-corrected chi connectivity index (χ3v) is 3.28. The van der Waals surface area contributed by atoms with Gasteiger partial charge in [0.15, 0.2) is 0 Å². The Morgan fingerprint density at radius 2 is 1.71 bits per heavy atom. The minimum atomic E-state index is -1.23. The van der Waals surface area contributed by atoms with Crippen molar-refractivity contribution in [2.45, 2.75) is 0 Å². The zero-order valence-corrected chi connectivity index (χ0v) is 11.9. The van der Waals surface area contributed by atoms with Gasteiger partial charge in [-0.15, -0.1) is 0 Å². The van der Waals surface area contributed by atoms with E-state index >= 15 is 0 Å². The first kappa shape index (κ1) is 15.3. The molecule has 21 heavy (non-hydrogen) atoms. The van der Waals surface area contributed by atoms with E-state index in [4.69, 9.17) is 28.3 Å². The molecular formula is C14H8Cl2FNO3. The largest absolute Gasteiger partial charge is 0.478 e. The number of hydrogen-bond donors (Lipinski definition) is 2. The molecule has 0 saturated carbocycles. The van der Waals surface area contributed by atoms with E-state index in [1.807, 2.05) is 0 Å². The van der Waals surface area contributed by atoms with Crippen LogP contribution in [0.2, 0.25) is 10.0 Å². The van der Waals surface area contributed by atoms with Crippen molar-refractivity contribution in [3.63, 3.8) is 0 Å². The molecule has 2 N–H and O–H groups in total. The average Bonchev–Trinajstić information content (AvgIpc) is 2.40. The maximum Gasteiger partial charge on any atom is 0.335 e. The van der Waals surface area contributed by atoms with E-state index in [-0.39, 0.29) is 26.9 Å². The second-order valence-corrected chi connectivity index (χ2v) is 4.86. The Kier molecular flexibility index (Phi) is 4.45. The van der Waals surface area contributed by atoms with Crippen molar-refractivity contribution in [3.8, 4) is 0 Å². The highest BCUT2D eigenvalue weighted by molar-refractivity contribution is 6.40. The molecule has 0 aliphatic heterocycles. The highest BCUT2D eigenvalue weighted by Crippen LogP contribution is 2.26. The van der Waals surface area contributed by atoms with Gasteiger partial charge < -0.3 is 10.4 Å². The summed E-state index contributed by atoms with van der Waals surface area (Å²) in [5, 5.41) is 11.3. The highest BCUT2D eigenvalue weighted by Gasteiger charge is 2.17. The lowest BCUT2D eigenvalue weighted by Gasteiger charge is -2.09. The number of hydrogen-bond acceptors (Lipinski definition) is 2. The lowest BCUT2D eigenvalue weighted by Crippen LogP contribution is -2.14. The van der Waals surface area contributed by atoms with E-state index in [9.17, 15) is 14.0 Å². The number of halogens is 3. The molecule has 0 aromatic heterocycles. The number of rotatable bonds is 3. The van der Waals surface area contributed by atoms with Crippen molar-refractivity contribution < 1.29 is 19.1 Å². The summed E-state index contributed by atoms with van der Waals surface area (Å²) in [6, 6.07) is 7.55. The molecule has 0 radical (unpaired) electrons. The van der Waals surface area contributed by atoms with Crippen molar-refractivity contribution in [3.05, 3.63) is 63.4 Å². The number of amides is 1. The third kappa shape index (κ3) is 3.32. The van der Waals surface area contributed by atoms with Crippen LogP contribution in [-0.4, -0.2) is 17.0 Å². The first-order valence-electron chi connectivity index (χ1n) is 5.68. The Morgan fingerprint density at radius 1 is 1.10 bits per heavy atom. The number of carboxylic acids is 1. The number of nitrogens with one attached hydrogen (secondary N) is 1. The summed E-state index contributed by atoms with van der Waals surface area (Å²) in [5.74, 6) is -2.73. The van der Waals surface area contributed by atoms with Crippen LogP contribution in [0.25, 0.3) is 0 Å². The van der Waals surface area contributed by atoms with E-state index in [2.05, 4.69) is 5.32 Å².